The van der Waals surface area contributed by atoms with E-state index in [0.29, 0.717) is 19.3 Å². The summed E-state index contributed by atoms with van der Waals surface area (Å²) in [6.45, 7) is 6.25. The molecule has 1 unspecified atom stereocenters. The monoisotopic (exact) mass is 819 g/mol. The van der Waals surface area contributed by atoms with Crippen molar-refractivity contribution in [1.29, 1.82) is 0 Å². The number of esters is 3. The molecule has 0 aliphatic carbocycles. The average Bonchev–Trinajstić information content (AvgIpc) is 3.23. The largest absolute Gasteiger partial charge is 0.462 e. The van der Waals surface area contributed by atoms with Crippen LogP contribution in [0.25, 0.3) is 0 Å². The van der Waals surface area contributed by atoms with Crippen LogP contribution in [0.15, 0.2) is 97.2 Å². The molecule has 0 aromatic rings. The summed E-state index contributed by atoms with van der Waals surface area (Å²) in [6, 6.07) is 0. The van der Waals surface area contributed by atoms with Gasteiger partial charge in [0.2, 0.25) is 0 Å². The van der Waals surface area contributed by atoms with Crippen molar-refractivity contribution in [2.75, 3.05) is 13.2 Å². The van der Waals surface area contributed by atoms with Crippen LogP contribution >= 0.6 is 0 Å². The van der Waals surface area contributed by atoms with Gasteiger partial charge in [-0.25, -0.2) is 0 Å². The molecule has 0 rings (SSSR count). The minimum Gasteiger partial charge on any atom is -0.462 e. The first-order valence-electron chi connectivity index (χ1n) is 23.8. The number of allylic oxidation sites excluding steroid dienone is 16. The summed E-state index contributed by atoms with van der Waals surface area (Å²) >= 11 is 0. The highest BCUT2D eigenvalue weighted by Crippen LogP contribution is 2.13. The van der Waals surface area contributed by atoms with Gasteiger partial charge < -0.3 is 14.2 Å². The molecule has 334 valence electrons. The van der Waals surface area contributed by atoms with Crippen LogP contribution in [0.2, 0.25) is 0 Å². The summed E-state index contributed by atoms with van der Waals surface area (Å²) in [5, 5.41) is 0. The van der Waals surface area contributed by atoms with E-state index < -0.39 is 6.10 Å². The van der Waals surface area contributed by atoms with Crippen LogP contribution < -0.4 is 0 Å². The van der Waals surface area contributed by atoms with E-state index in [1.165, 1.54) is 77.0 Å². The lowest BCUT2D eigenvalue weighted by Gasteiger charge is -2.18. The van der Waals surface area contributed by atoms with Crippen LogP contribution in [0.5, 0.6) is 0 Å². The molecule has 0 saturated carbocycles. The van der Waals surface area contributed by atoms with Gasteiger partial charge in [-0.1, -0.05) is 182 Å². The highest BCUT2D eigenvalue weighted by atomic mass is 16.6. The summed E-state index contributed by atoms with van der Waals surface area (Å²) in [5.74, 6) is -1.04. The summed E-state index contributed by atoms with van der Waals surface area (Å²) in [4.78, 5) is 37.7. The molecule has 1 atom stereocenters. The summed E-state index contributed by atoms with van der Waals surface area (Å²) < 4.78 is 16.6. The normalized spacial score (nSPS) is 12.9. The van der Waals surface area contributed by atoms with E-state index in [2.05, 4.69) is 118 Å². The van der Waals surface area contributed by atoms with Gasteiger partial charge in [0.05, 0.1) is 0 Å². The van der Waals surface area contributed by atoms with E-state index in [1.54, 1.807) is 0 Å². The van der Waals surface area contributed by atoms with E-state index in [-0.39, 0.29) is 44.0 Å². The second-order valence-corrected chi connectivity index (χ2v) is 15.3. The van der Waals surface area contributed by atoms with Gasteiger partial charge in [-0.2, -0.15) is 0 Å². The molecule has 0 heterocycles. The number of hydrogen-bond donors (Lipinski definition) is 0. The van der Waals surface area contributed by atoms with E-state index in [1.807, 2.05) is 0 Å². The number of carbonyl (C=O) groups is 3. The molecule has 0 bridgehead atoms. The summed E-state index contributed by atoms with van der Waals surface area (Å²) in [5.41, 5.74) is 0. The van der Waals surface area contributed by atoms with Crippen molar-refractivity contribution in [1.82, 2.24) is 0 Å². The standard InChI is InChI=1S/C53H86O6/c1-4-7-10-13-16-19-22-23-24-25-26-27-28-29-32-34-37-40-43-46-52(55)58-49-50(59-53(56)47-44-41-38-35-31-21-18-15-12-9-6-3)48-57-51(54)45-42-39-36-33-30-20-17-14-11-8-5-2/h8-9,11-12,16-23,33,35-36,38,50H,4-7,10,13-15,24-32,34,37,39-49H2,1-3H3/b11-8-,12-9-,19-16-,20-17-,21-18-,23-22-,36-33-,38-35-. The van der Waals surface area contributed by atoms with Crippen molar-refractivity contribution in [2.24, 2.45) is 0 Å². The fraction of sp³-hybridized carbons (Fsp3) is 0.642. The van der Waals surface area contributed by atoms with Crippen LogP contribution in [0.3, 0.4) is 0 Å². The molecular formula is C53H86O6. The van der Waals surface area contributed by atoms with Gasteiger partial charge in [-0.05, 0) is 96.3 Å². The van der Waals surface area contributed by atoms with E-state index in [9.17, 15) is 14.4 Å². The molecule has 0 saturated heterocycles. The predicted molar refractivity (Wildman–Crippen MR) is 251 cm³/mol. The van der Waals surface area contributed by atoms with E-state index >= 15 is 0 Å². The zero-order chi connectivity index (χ0) is 43.0. The molecule has 0 aromatic carbocycles. The number of carbonyl (C=O) groups excluding carboxylic acids is 3. The average molecular weight is 819 g/mol. The molecule has 0 aromatic heterocycles. The van der Waals surface area contributed by atoms with Crippen LogP contribution in [-0.4, -0.2) is 37.2 Å². The second-order valence-electron chi connectivity index (χ2n) is 15.3. The van der Waals surface area contributed by atoms with Crippen LogP contribution in [0.1, 0.15) is 201 Å². The molecule has 6 heteroatoms. The number of unbranched alkanes of at least 4 members (excludes halogenated alkanes) is 15. The van der Waals surface area contributed by atoms with Crippen LogP contribution in [0.4, 0.5) is 0 Å². The minimum atomic E-state index is -0.824. The molecule has 0 N–H and O–H groups in total. The smallest absolute Gasteiger partial charge is 0.306 e. The van der Waals surface area contributed by atoms with Crippen molar-refractivity contribution in [3.63, 3.8) is 0 Å². The molecule has 6 nitrogen and oxygen atoms in total. The first-order chi connectivity index (χ1) is 29.0. The molecule has 0 aliphatic rings. The van der Waals surface area contributed by atoms with Crippen molar-refractivity contribution in [3.8, 4) is 0 Å². The molecule has 59 heavy (non-hydrogen) atoms. The maximum absolute atomic E-state index is 12.7. The van der Waals surface area contributed by atoms with Gasteiger partial charge in [-0.3, -0.25) is 14.4 Å². The third-order valence-corrected chi connectivity index (χ3v) is 9.58. The van der Waals surface area contributed by atoms with Gasteiger partial charge in [0, 0.05) is 19.3 Å². The minimum absolute atomic E-state index is 0.117. The van der Waals surface area contributed by atoms with E-state index in [4.69, 9.17) is 14.2 Å². The SMILES string of the molecule is CC/C=C\C/C=C\C/C=C\CCCC(=O)OCC(COC(=O)CCCCCCCCCCCC/C=C\C=C/CCCCC)OC(=O)CCC/C=C\C/C=C\C/C=C\CC. The predicted octanol–water partition coefficient (Wildman–Crippen LogP) is 15.4. The lowest BCUT2D eigenvalue weighted by Crippen LogP contribution is -2.30. The first kappa shape index (κ1) is 55.3. The Labute approximate surface area is 362 Å². The Morgan fingerprint density at radius 3 is 1.19 bits per heavy atom. The Morgan fingerprint density at radius 1 is 0.373 bits per heavy atom. The molecule has 0 fully saturated rings. The Hall–Kier alpha value is -3.67. The zero-order valence-electron chi connectivity index (χ0n) is 38.0. The molecule has 0 aliphatic heterocycles. The molecule has 0 amide bonds. The highest BCUT2D eigenvalue weighted by molar-refractivity contribution is 5.71. The van der Waals surface area contributed by atoms with Gasteiger partial charge >= 0.3 is 17.9 Å². The Kier molecular flexibility index (Phi) is 44.1. The zero-order valence-corrected chi connectivity index (χ0v) is 38.0. The van der Waals surface area contributed by atoms with Crippen molar-refractivity contribution in [2.45, 2.75) is 207 Å². The molecule has 0 radical (unpaired) electrons. The third-order valence-electron chi connectivity index (χ3n) is 9.58. The van der Waals surface area contributed by atoms with Gasteiger partial charge in [0.25, 0.3) is 0 Å². The van der Waals surface area contributed by atoms with Gasteiger partial charge in [-0.15, -0.1) is 0 Å². The lowest BCUT2D eigenvalue weighted by molar-refractivity contribution is -0.167. The molecular weight excluding hydrogens is 733 g/mol. The lowest BCUT2D eigenvalue weighted by atomic mass is 10.1. The second kappa shape index (κ2) is 47.0. The van der Waals surface area contributed by atoms with Gasteiger partial charge in [0.1, 0.15) is 13.2 Å². The molecule has 0 spiro atoms. The van der Waals surface area contributed by atoms with E-state index in [0.717, 1.165) is 70.6 Å². The fourth-order valence-electron chi connectivity index (χ4n) is 6.07. The maximum Gasteiger partial charge on any atom is 0.306 e. The fourth-order valence-corrected chi connectivity index (χ4v) is 6.07. The Morgan fingerprint density at radius 2 is 0.729 bits per heavy atom. The number of ether oxygens (including phenoxy) is 3. The van der Waals surface area contributed by atoms with Crippen molar-refractivity contribution in [3.05, 3.63) is 97.2 Å². The first-order valence-corrected chi connectivity index (χ1v) is 23.8. The highest BCUT2D eigenvalue weighted by Gasteiger charge is 2.19. The Balaban J connectivity index is 4.42. The number of hydrogen-bond acceptors (Lipinski definition) is 6. The topological polar surface area (TPSA) is 78.9 Å². The van der Waals surface area contributed by atoms with Crippen LogP contribution in [-0.2, 0) is 28.6 Å². The maximum atomic E-state index is 12.7. The van der Waals surface area contributed by atoms with Crippen LogP contribution in [0, 0.1) is 0 Å². The summed E-state index contributed by atoms with van der Waals surface area (Å²) in [6.07, 6.45) is 61.3. The van der Waals surface area contributed by atoms with Crippen molar-refractivity contribution >= 4 is 17.9 Å². The van der Waals surface area contributed by atoms with Crippen molar-refractivity contribution < 1.29 is 28.6 Å². The number of rotatable bonds is 41. The van der Waals surface area contributed by atoms with Gasteiger partial charge in [0.15, 0.2) is 6.10 Å². The summed E-state index contributed by atoms with van der Waals surface area (Å²) in [7, 11) is 0. The third kappa shape index (κ3) is 45.3. The Bertz CT molecular complexity index is 1220. The quantitative estimate of drug-likeness (QED) is 0.0201.